The van der Waals surface area contributed by atoms with E-state index in [0.29, 0.717) is 0 Å². The van der Waals surface area contributed by atoms with Crippen molar-refractivity contribution in [2.75, 3.05) is 6.26 Å². The maximum atomic E-state index is 2.40. The van der Waals surface area contributed by atoms with Crippen LogP contribution in [0, 0.1) is 23.7 Å². The molecule has 1 heteroatoms. The Labute approximate surface area is 123 Å². The quantitative estimate of drug-likeness (QED) is 0.659. The van der Waals surface area contributed by atoms with Crippen molar-refractivity contribution in [3.63, 3.8) is 0 Å². The van der Waals surface area contributed by atoms with Crippen LogP contribution in [0.25, 0.3) is 0 Å². The highest BCUT2D eigenvalue weighted by atomic mass is 32.2. The highest BCUT2D eigenvalue weighted by Crippen LogP contribution is 2.40. The zero-order valence-electron chi connectivity index (χ0n) is 13.1. The number of fused-ring (bicyclic) bond motifs is 1. The van der Waals surface area contributed by atoms with Crippen LogP contribution in [0.2, 0.25) is 0 Å². The summed E-state index contributed by atoms with van der Waals surface area (Å²) in [6.07, 6.45) is 6.17. The molecule has 0 fully saturated rings. The van der Waals surface area contributed by atoms with E-state index in [9.17, 15) is 0 Å². The van der Waals surface area contributed by atoms with Gasteiger partial charge in [-0.3, -0.25) is 0 Å². The molecule has 1 aliphatic carbocycles. The van der Waals surface area contributed by atoms with Gasteiger partial charge in [-0.05, 0) is 66.4 Å². The second-order valence-electron chi connectivity index (χ2n) is 6.67. The summed E-state index contributed by atoms with van der Waals surface area (Å²) in [6.45, 7) is 9.61. The summed E-state index contributed by atoms with van der Waals surface area (Å²) in [7, 11) is 0. The Hall–Kier alpha value is -0.430. The SMILES string of the molecule is CC(C)C(C(C)C)[C@@H]1CCc2cccc(S[11CH3])c2C1. The molecule has 1 aromatic carbocycles. The molecule has 0 heterocycles. The number of thioether (sulfide) groups is 1. The molecular weight excluding hydrogens is 247 g/mol. The van der Waals surface area contributed by atoms with Crippen LogP contribution < -0.4 is 0 Å². The molecule has 2 rings (SSSR count). The summed E-state index contributed by atoms with van der Waals surface area (Å²) in [5.74, 6) is 3.34. The first-order valence-electron chi connectivity index (χ1n) is 7.69. The average Bonchev–Trinajstić information content (AvgIpc) is 2.37. The predicted molar refractivity (Wildman–Crippen MR) is 86.9 cm³/mol. The van der Waals surface area contributed by atoms with Crippen molar-refractivity contribution in [3.05, 3.63) is 29.3 Å². The average molecular weight is 275 g/mol. The Morgan fingerprint density at radius 2 is 1.79 bits per heavy atom. The van der Waals surface area contributed by atoms with E-state index in [4.69, 9.17) is 0 Å². The zero-order chi connectivity index (χ0) is 14.0. The molecule has 0 spiro atoms. The van der Waals surface area contributed by atoms with Crippen LogP contribution >= 0.6 is 11.8 Å². The van der Waals surface area contributed by atoms with Gasteiger partial charge in [0.15, 0.2) is 0 Å². The first-order valence-corrected chi connectivity index (χ1v) is 8.91. The van der Waals surface area contributed by atoms with Crippen molar-refractivity contribution >= 4 is 11.8 Å². The number of benzene rings is 1. The van der Waals surface area contributed by atoms with E-state index in [1.165, 1.54) is 24.2 Å². The van der Waals surface area contributed by atoms with E-state index in [2.05, 4.69) is 52.1 Å². The fourth-order valence-corrected chi connectivity index (χ4v) is 4.84. The van der Waals surface area contributed by atoms with E-state index >= 15 is 0 Å². The first kappa shape index (κ1) is 15.0. The number of hydrogen-bond donors (Lipinski definition) is 0. The van der Waals surface area contributed by atoms with Gasteiger partial charge in [-0.2, -0.15) is 0 Å². The molecule has 0 aliphatic heterocycles. The van der Waals surface area contributed by atoms with Crippen LogP contribution in [0.3, 0.4) is 0 Å². The van der Waals surface area contributed by atoms with Gasteiger partial charge in [-0.1, -0.05) is 39.8 Å². The first-order chi connectivity index (χ1) is 9.04. The third kappa shape index (κ3) is 3.18. The van der Waals surface area contributed by atoms with Crippen molar-refractivity contribution in [2.45, 2.75) is 51.9 Å². The molecule has 1 atom stereocenters. The zero-order valence-corrected chi connectivity index (χ0v) is 13.9. The molecule has 0 unspecified atom stereocenters. The summed E-state index contributed by atoms with van der Waals surface area (Å²) in [6, 6.07) is 6.87. The Balaban J connectivity index is 2.25. The van der Waals surface area contributed by atoms with Gasteiger partial charge in [0.25, 0.3) is 0 Å². The monoisotopic (exact) mass is 275 g/mol. The summed E-state index contributed by atoms with van der Waals surface area (Å²) in [5, 5.41) is 0. The molecule has 0 N–H and O–H groups in total. The van der Waals surface area contributed by atoms with Crippen LogP contribution in [0.5, 0.6) is 0 Å². The maximum absolute atomic E-state index is 2.40. The highest BCUT2D eigenvalue weighted by Gasteiger charge is 2.31. The molecule has 0 bridgehead atoms. The van der Waals surface area contributed by atoms with Gasteiger partial charge in [-0.15, -0.1) is 11.8 Å². The minimum absolute atomic E-state index is 0.799. The van der Waals surface area contributed by atoms with Crippen molar-refractivity contribution < 1.29 is 0 Å². The van der Waals surface area contributed by atoms with Crippen LogP contribution in [0.15, 0.2) is 23.1 Å². The molecule has 0 nitrogen and oxygen atoms in total. The Morgan fingerprint density at radius 3 is 2.37 bits per heavy atom. The summed E-state index contributed by atoms with van der Waals surface area (Å²) in [5.41, 5.74) is 3.26. The lowest BCUT2D eigenvalue weighted by Crippen LogP contribution is -2.30. The summed E-state index contributed by atoms with van der Waals surface area (Å²) >= 11 is 1.91. The van der Waals surface area contributed by atoms with Crippen molar-refractivity contribution in [2.24, 2.45) is 23.7 Å². The second kappa shape index (κ2) is 6.35. The fourth-order valence-electron chi connectivity index (χ4n) is 4.16. The molecule has 0 amide bonds. The van der Waals surface area contributed by atoms with Crippen molar-refractivity contribution in [1.29, 1.82) is 0 Å². The number of rotatable bonds is 4. The van der Waals surface area contributed by atoms with Gasteiger partial charge in [0.2, 0.25) is 0 Å². The van der Waals surface area contributed by atoms with Crippen LogP contribution in [0.4, 0.5) is 0 Å². The molecule has 0 aromatic heterocycles. The minimum atomic E-state index is 0.799. The number of aryl methyl sites for hydroxylation is 1. The molecular formula is C18H28S. The van der Waals surface area contributed by atoms with Gasteiger partial charge in [0.1, 0.15) is 0 Å². The lowest BCUT2D eigenvalue weighted by Gasteiger charge is -2.37. The maximum Gasteiger partial charge on any atom is 0.0104 e. The van der Waals surface area contributed by atoms with E-state index in [0.717, 1.165) is 23.7 Å². The van der Waals surface area contributed by atoms with Crippen molar-refractivity contribution in [3.8, 4) is 0 Å². The molecule has 0 radical (unpaired) electrons. The Bertz CT molecular complexity index is 397. The normalized spacial score (nSPS) is 19.3. The van der Waals surface area contributed by atoms with E-state index in [1.807, 2.05) is 11.8 Å². The molecule has 106 valence electrons. The molecule has 1 aromatic rings. The van der Waals surface area contributed by atoms with Crippen LogP contribution in [0.1, 0.15) is 45.2 Å². The van der Waals surface area contributed by atoms with E-state index < -0.39 is 0 Å². The summed E-state index contributed by atoms with van der Waals surface area (Å²) in [4.78, 5) is 1.51. The largest absolute Gasteiger partial charge is 0.129 e. The van der Waals surface area contributed by atoms with E-state index in [1.54, 1.807) is 11.1 Å². The Kier molecular flexibility index (Phi) is 5.00. The van der Waals surface area contributed by atoms with Gasteiger partial charge < -0.3 is 0 Å². The summed E-state index contributed by atoms with van der Waals surface area (Å²) < 4.78 is 0. The molecule has 0 saturated carbocycles. The lowest BCUT2D eigenvalue weighted by atomic mass is 9.69. The molecule has 0 saturated heterocycles. The van der Waals surface area contributed by atoms with Crippen LogP contribution in [-0.4, -0.2) is 6.26 Å². The van der Waals surface area contributed by atoms with E-state index in [-0.39, 0.29) is 0 Å². The second-order valence-corrected chi connectivity index (χ2v) is 7.51. The van der Waals surface area contributed by atoms with Gasteiger partial charge in [-0.25, -0.2) is 0 Å². The van der Waals surface area contributed by atoms with Gasteiger partial charge >= 0.3 is 0 Å². The minimum Gasteiger partial charge on any atom is -0.129 e. The highest BCUT2D eigenvalue weighted by molar-refractivity contribution is 7.98. The smallest absolute Gasteiger partial charge is 0.0104 e. The molecule has 1 aliphatic rings. The molecule has 19 heavy (non-hydrogen) atoms. The fraction of sp³-hybridized carbons (Fsp3) is 0.667. The van der Waals surface area contributed by atoms with Crippen LogP contribution in [-0.2, 0) is 12.8 Å². The topological polar surface area (TPSA) is 0 Å². The van der Waals surface area contributed by atoms with Gasteiger partial charge in [0, 0.05) is 4.90 Å². The van der Waals surface area contributed by atoms with Crippen molar-refractivity contribution in [1.82, 2.24) is 0 Å². The lowest BCUT2D eigenvalue weighted by molar-refractivity contribution is 0.169. The Morgan fingerprint density at radius 1 is 1.11 bits per heavy atom. The third-order valence-electron chi connectivity index (χ3n) is 4.78. The predicted octanol–water partition coefficient (Wildman–Crippen LogP) is 5.44. The van der Waals surface area contributed by atoms with Gasteiger partial charge in [0.05, 0.1) is 0 Å². The standard InChI is InChI=1S/C18H28S/c1-12(2)18(13(3)4)15-10-9-14-7-6-8-17(19-5)16(14)11-15/h6-8,12-13,15,18H,9-11H2,1-5H3/t15-/m1/s1/i5-1. The third-order valence-corrected chi connectivity index (χ3v) is 5.61. The number of hydrogen-bond acceptors (Lipinski definition) is 1.